The van der Waals surface area contributed by atoms with Crippen LogP contribution < -0.4 is 11.1 Å². The number of primary amides is 1. The molecular weight excluding hydrogens is 212 g/mol. The van der Waals surface area contributed by atoms with Gasteiger partial charge in [-0.3, -0.25) is 4.79 Å². The Balaban J connectivity index is 2.80. The van der Waals surface area contributed by atoms with E-state index >= 15 is 0 Å². The lowest BCUT2D eigenvalue weighted by Gasteiger charge is -2.34. The second kappa shape index (κ2) is 5.32. The molecule has 1 aromatic rings. The lowest BCUT2D eigenvalue weighted by molar-refractivity contribution is -0.119. The second-order valence-electron chi connectivity index (χ2n) is 5.10. The molecule has 17 heavy (non-hydrogen) atoms. The average Bonchev–Trinajstić information content (AvgIpc) is 2.29. The fraction of sp³-hybridized carbons (Fsp3) is 0.500. The molecule has 0 aliphatic rings. The van der Waals surface area contributed by atoms with Crippen LogP contribution in [0.25, 0.3) is 0 Å². The van der Waals surface area contributed by atoms with Crippen LogP contribution in [0.15, 0.2) is 30.3 Å². The molecule has 1 amide bonds. The molecule has 0 heterocycles. The van der Waals surface area contributed by atoms with Crippen LogP contribution in [0.2, 0.25) is 0 Å². The van der Waals surface area contributed by atoms with Crippen molar-refractivity contribution in [3.63, 3.8) is 0 Å². The zero-order valence-corrected chi connectivity index (χ0v) is 11.0. The zero-order chi connectivity index (χ0) is 13.1. The van der Waals surface area contributed by atoms with Crippen LogP contribution in [0.1, 0.15) is 33.3 Å². The van der Waals surface area contributed by atoms with Crippen LogP contribution >= 0.6 is 0 Å². The van der Waals surface area contributed by atoms with Gasteiger partial charge >= 0.3 is 0 Å². The van der Waals surface area contributed by atoms with Gasteiger partial charge in [-0.25, -0.2) is 0 Å². The molecule has 0 spiro atoms. The minimum Gasteiger partial charge on any atom is -0.368 e. The maximum Gasteiger partial charge on any atom is 0.234 e. The van der Waals surface area contributed by atoms with Crippen molar-refractivity contribution in [2.24, 2.45) is 5.73 Å². The third-order valence-electron chi connectivity index (χ3n) is 3.53. The van der Waals surface area contributed by atoms with Gasteiger partial charge in [0.05, 0.1) is 6.04 Å². The molecule has 0 aromatic heterocycles. The Morgan fingerprint density at radius 1 is 1.24 bits per heavy atom. The van der Waals surface area contributed by atoms with Crippen molar-refractivity contribution >= 4 is 5.91 Å². The number of rotatable bonds is 5. The van der Waals surface area contributed by atoms with Crippen LogP contribution in [0.3, 0.4) is 0 Å². The molecule has 0 aliphatic carbocycles. The van der Waals surface area contributed by atoms with Crippen LogP contribution in [-0.2, 0) is 10.2 Å². The molecule has 0 saturated heterocycles. The van der Waals surface area contributed by atoms with Gasteiger partial charge in [0.1, 0.15) is 0 Å². The zero-order valence-electron chi connectivity index (χ0n) is 11.0. The first-order valence-electron chi connectivity index (χ1n) is 5.96. The molecule has 0 unspecified atom stereocenters. The summed E-state index contributed by atoms with van der Waals surface area (Å²) in [6.07, 6.45) is 0. The normalized spacial score (nSPS) is 15.3. The van der Waals surface area contributed by atoms with E-state index in [1.807, 2.05) is 18.2 Å². The van der Waals surface area contributed by atoms with Crippen molar-refractivity contribution in [3.8, 4) is 0 Å². The van der Waals surface area contributed by atoms with Crippen molar-refractivity contribution < 1.29 is 4.79 Å². The minimum atomic E-state index is -0.319. The highest BCUT2D eigenvalue weighted by Gasteiger charge is 2.29. The SMILES string of the molecule is C[C@H](N[C@H](C)C(N)=O)C(C)(C)c1ccccc1. The van der Waals surface area contributed by atoms with E-state index in [2.05, 4.69) is 38.2 Å². The Morgan fingerprint density at radius 3 is 2.24 bits per heavy atom. The number of hydrogen-bond donors (Lipinski definition) is 2. The second-order valence-corrected chi connectivity index (χ2v) is 5.10. The topological polar surface area (TPSA) is 55.1 Å². The molecule has 3 N–H and O–H groups in total. The maximum absolute atomic E-state index is 11.1. The van der Waals surface area contributed by atoms with Crippen LogP contribution in [0, 0.1) is 0 Å². The first-order chi connectivity index (χ1) is 7.85. The first-order valence-corrected chi connectivity index (χ1v) is 5.96. The van der Waals surface area contributed by atoms with Gasteiger partial charge < -0.3 is 11.1 Å². The molecule has 94 valence electrons. The number of benzene rings is 1. The summed E-state index contributed by atoms with van der Waals surface area (Å²) >= 11 is 0. The molecule has 2 atom stereocenters. The first kappa shape index (κ1) is 13.7. The summed E-state index contributed by atoms with van der Waals surface area (Å²) in [6, 6.07) is 10.1. The molecule has 3 nitrogen and oxygen atoms in total. The third kappa shape index (κ3) is 3.30. The fourth-order valence-corrected chi connectivity index (χ4v) is 1.78. The van der Waals surface area contributed by atoms with Crippen LogP contribution in [0.4, 0.5) is 0 Å². The summed E-state index contributed by atoms with van der Waals surface area (Å²) in [7, 11) is 0. The summed E-state index contributed by atoms with van der Waals surface area (Å²) in [5, 5.41) is 3.24. The summed E-state index contributed by atoms with van der Waals surface area (Å²) in [5.74, 6) is -0.319. The van der Waals surface area contributed by atoms with Crippen LogP contribution in [0.5, 0.6) is 0 Å². The van der Waals surface area contributed by atoms with Gasteiger partial charge in [-0.05, 0) is 19.4 Å². The van der Waals surface area contributed by atoms with Crippen LogP contribution in [-0.4, -0.2) is 18.0 Å². The Hall–Kier alpha value is -1.35. The lowest BCUT2D eigenvalue weighted by Crippen LogP contribution is -2.50. The van der Waals surface area contributed by atoms with E-state index in [0.717, 1.165) is 0 Å². The van der Waals surface area contributed by atoms with E-state index in [1.165, 1.54) is 5.56 Å². The maximum atomic E-state index is 11.1. The average molecular weight is 234 g/mol. The predicted molar refractivity (Wildman–Crippen MR) is 70.7 cm³/mol. The standard InChI is InChI=1S/C14H22N2O/c1-10(13(15)17)16-11(2)14(3,4)12-8-6-5-7-9-12/h5-11,16H,1-4H3,(H2,15,17)/t10-,11+/m1/s1. The van der Waals surface area contributed by atoms with E-state index in [9.17, 15) is 4.79 Å². The van der Waals surface area contributed by atoms with Gasteiger partial charge in [-0.15, -0.1) is 0 Å². The summed E-state index contributed by atoms with van der Waals surface area (Å²) < 4.78 is 0. The molecule has 0 radical (unpaired) electrons. The summed E-state index contributed by atoms with van der Waals surface area (Å²) in [6.45, 7) is 8.19. The largest absolute Gasteiger partial charge is 0.368 e. The predicted octanol–water partition coefficient (Wildman–Crippen LogP) is 1.82. The molecule has 0 fully saturated rings. The van der Waals surface area contributed by atoms with Crippen molar-refractivity contribution in [1.82, 2.24) is 5.32 Å². The highest BCUT2D eigenvalue weighted by atomic mass is 16.1. The number of hydrogen-bond acceptors (Lipinski definition) is 2. The van der Waals surface area contributed by atoms with Gasteiger partial charge in [0, 0.05) is 11.5 Å². The van der Waals surface area contributed by atoms with E-state index in [1.54, 1.807) is 6.92 Å². The van der Waals surface area contributed by atoms with Gasteiger partial charge in [0.15, 0.2) is 0 Å². The monoisotopic (exact) mass is 234 g/mol. The Kier molecular flexibility index (Phi) is 4.29. The highest BCUT2D eigenvalue weighted by molar-refractivity contribution is 5.79. The molecule has 0 aliphatic heterocycles. The molecule has 1 aromatic carbocycles. The molecule has 0 bridgehead atoms. The Morgan fingerprint density at radius 2 is 1.76 bits per heavy atom. The fourth-order valence-electron chi connectivity index (χ4n) is 1.78. The van der Waals surface area contributed by atoms with E-state index < -0.39 is 0 Å². The Bertz CT molecular complexity index is 373. The van der Waals surface area contributed by atoms with E-state index in [4.69, 9.17) is 5.73 Å². The number of carbonyl (C=O) groups is 1. The van der Waals surface area contributed by atoms with Crippen molar-refractivity contribution in [3.05, 3.63) is 35.9 Å². The quantitative estimate of drug-likeness (QED) is 0.816. The number of nitrogens with two attached hydrogens (primary N) is 1. The number of amides is 1. The third-order valence-corrected chi connectivity index (χ3v) is 3.53. The molecule has 3 heteroatoms. The Labute approximate surface area is 103 Å². The highest BCUT2D eigenvalue weighted by Crippen LogP contribution is 2.26. The molecular formula is C14H22N2O. The molecule has 1 rings (SSSR count). The summed E-state index contributed by atoms with van der Waals surface area (Å²) in [4.78, 5) is 11.1. The van der Waals surface area contributed by atoms with Crippen molar-refractivity contribution in [2.45, 2.75) is 45.2 Å². The van der Waals surface area contributed by atoms with Gasteiger partial charge in [-0.1, -0.05) is 44.2 Å². The van der Waals surface area contributed by atoms with Gasteiger partial charge in [0.2, 0.25) is 5.91 Å². The van der Waals surface area contributed by atoms with Crippen molar-refractivity contribution in [2.75, 3.05) is 0 Å². The van der Waals surface area contributed by atoms with E-state index in [0.29, 0.717) is 0 Å². The van der Waals surface area contributed by atoms with Crippen molar-refractivity contribution in [1.29, 1.82) is 0 Å². The number of nitrogens with one attached hydrogen (secondary N) is 1. The smallest absolute Gasteiger partial charge is 0.234 e. The lowest BCUT2D eigenvalue weighted by atomic mass is 9.78. The van der Waals surface area contributed by atoms with Gasteiger partial charge in [0.25, 0.3) is 0 Å². The molecule has 0 saturated carbocycles. The number of carbonyl (C=O) groups excluding carboxylic acids is 1. The minimum absolute atomic E-state index is 0.0506. The summed E-state index contributed by atoms with van der Waals surface area (Å²) in [5.41, 5.74) is 6.46. The van der Waals surface area contributed by atoms with E-state index in [-0.39, 0.29) is 23.4 Å². The van der Waals surface area contributed by atoms with Gasteiger partial charge in [-0.2, -0.15) is 0 Å².